The standard InChI is InChI=1S/C7H18O4P2/c1-12(2,8)10-6-5-7-11-13(3,4)9/h5-7H2,1-4H3. The van der Waals surface area contributed by atoms with Gasteiger partial charge in [-0.05, 0) is 6.42 Å². The Balaban J connectivity index is 3.39. The highest BCUT2D eigenvalue weighted by Gasteiger charge is 2.08. The van der Waals surface area contributed by atoms with E-state index in [0.29, 0.717) is 19.6 Å². The fraction of sp³-hybridized carbons (Fsp3) is 1.00. The van der Waals surface area contributed by atoms with E-state index in [0.717, 1.165) is 0 Å². The van der Waals surface area contributed by atoms with Crippen LogP contribution in [-0.2, 0) is 18.2 Å². The Morgan fingerprint density at radius 3 is 1.38 bits per heavy atom. The van der Waals surface area contributed by atoms with Crippen LogP contribution in [0.4, 0.5) is 0 Å². The molecule has 0 rings (SSSR count). The van der Waals surface area contributed by atoms with Crippen LogP contribution in [0.2, 0.25) is 0 Å². The zero-order valence-electron chi connectivity index (χ0n) is 8.65. The summed E-state index contributed by atoms with van der Waals surface area (Å²) in [6.45, 7) is 7.06. The monoisotopic (exact) mass is 228 g/mol. The average molecular weight is 228 g/mol. The molecule has 0 aromatic heterocycles. The summed E-state index contributed by atoms with van der Waals surface area (Å²) >= 11 is 0. The maximum Gasteiger partial charge on any atom is 0.197 e. The highest BCUT2D eigenvalue weighted by molar-refractivity contribution is 7.57. The van der Waals surface area contributed by atoms with Gasteiger partial charge in [0.2, 0.25) is 0 Å². The summed E-state index contributed by atoms with van der Waals surface area (Å²) < 4.78 is 32.2. The van der Waals surface area contributed by atoms with Crippen LogP contribution in [0.3, 0.4) is 0 Å². The lowest BCUT2D eigenvalue weighted by Crippen LogP contribution is -1.97. The first-order chi connectivity index (χ1) is 5.71. The molecule has 4 nitrogen and oxygen atoms in total. The highest BCUT2D eigenvalue weighted by atomic mass is 31.2. The molecule has 80 valence electrons. The zero-order valence-corrected chi connectivity index (χ0v) is 10.4. The second-order valence-corrected chi connectivity index (χ2v) is 9.05. The molecular formula is C7H18O4P2. The SMILES string of the molecule is CP(C)(=O)OCCCOP(C)(C)=O. The second kappa shape index (κ2) is 5.31. The van der Waals surface area contributed by atoms with E-state index >= 15 is 0 Å². The molecule has 0 unspecified atom stereocenters. The smallest absolute Gasteiger partial charge is 0.197 e. The van der Waals surface area contributed by atoms with Gasteiger partial charge >= 0.3 is 0 Å². The average Bonchev–Trinajstić information content (AvgIpc) is 1.81. The molecule has 0 aromatic carbocycles. The molecule has 0 aliphatic carbocycles. The van der Waals surface area contributed by atoms with Crippen LogP contribution in [0.15, 0.2) is 0 Å². The lowest BCUT2D eigenvalue weighted by Gasteiger charge is -2.10. The van der Waals surface area contributed by atoms with Crippen molar-refractivity contribution in [3.05, 3.63) is 0 Å². The van der Waals surface area contributed by atoms with Crippen LogP contribution in [-0.4, -0.2) is 39.9 Å². The van der Waals surface area contributed by atoms with Crippen molar-refractivity contribution in [2.75, 3.05) is 39.9 Å². The molecule has 0 atom stereocenters. The van der Waals surface area contributed by atoms with Gasteiger partial charge < -0.3 is 9.05 Å². The Hall–Kier alpha value is 0.380. The van der Waals surface area contributed by atoms with Crippen molar-refractivity contribution in [3.8, 4) is 0 Å². The number of hydrogen-bond donors (Lipinski definition) is 0. The topological polar surface area (TPSA) is 52.6 Å². The van der Waals surface area contributed by atoms with Crippen molar-refractivity contribution in [3.63, 3.8) is 0 Å². The maximum absolute atomic E-state index is 11.1. The molecule has 0 radical (unpaired) electrons. The fourth-order valence-electron chi connectivity index (χ4n) is 0.628. The van der Waals surface area contributed by atoms with Crippen molar-refractivity contribution in [2.24, 2.45) is 0 Å². The minimum atomic E-state index is -2.37. The van der Waals surface area contributed by atoms with Gasteiger partial charge in [0.15, 0.2) is 14.7 Å². The van der Waals surface area contributed by atoms with E-state index < -0.39 is 14.7 Å². The van der Waals surface area contributed by atoms with Crippen molar-refractivity contribution in [2.45, 2.75) is 6.42 Å². The molecule has 0 aromatic rings. The second-order valence-electron chi connectivity index (χ2n) is 3.52. The van der Waals surface area contributed by atoms with Crippen LogP contribution in [0.5, 0.6) is 0 Å². The van der Waals surface area contributed by atoms with Gasteiger partial charge in [-0.2, -0.15) is 0 Å². The van der Waals surface area contributed by atoms with Crippen molar-refractivity contribution < 1.29 is 18.2 Å². The van der Waals surface area contributed by atoms with Gasteiger partial charge in [-0.25, -0.2) is 0 Å². The Morgan fingerprint density at radius 2 is 1.15 bits per heavy atom. The van der Waals surface area contributed by atoms with Crippen molar-refractivity contribution in [1.82, 2.24) is 0 Å². The normalized spacial score (nSPS) is 13.2. The molecule has 0 saturated heterocycles. The lowest BCUT2D eigenvalue weighted by molar-refractivity contribution is 0.254. The van der Waals surface area contributed by atoms with Crippen LogP contribution < -0.4 is 0 Å². The first-order valence-electron chi connectivity index (χ1n) is 4.10. The first-order valence-corrected chi connectivity index (χ1v) is 9.13. The molecule has 0 aliphatic heterocycles. The molecule has 0 aliphatic rings. The van der Waals surface area contributed by atoms with Crippen LogP contribution >= 0.6 is 14.7 Å². The minimum absolute atomic E-state index is 0.393. The summed E-state index contributed by atoms with van der Waals surface area (Å²) in [4.78, 5) is 0. The van der Waals surface area contributed by atoms with Gasteiger partial charge in [0, 0.05) is 26.7 Å². The van der Waals surface area contributed by atoms with E-state index in [-0.39, 0.29) is 0 Å². The molecule has 0 bridgehead atoms. The van der Waals surface area contributed by atoms with E-state index in [1.54, 1.807) is 26.7 Å². The Kier molecular flexibility index (Phi) is 5.46. The molecule has 0 amide bonds. The maximum atomic E-state index is 11.1. The largest absolute Gasteiger partial charge is 0.329 e. The summed E-state index contributed by atoms with van der Waals surface area (Å²) in [6, 6.07) is 0. The third-order valence-electron chi connectivity index (χ3n) is 1.09. The number of hydrogen-bond acceptors (Lipinski definition) is 4. The van der Waals surface area contributed by atoms with Gasteiger partial charge in [-0.15, -0.1) is 0 Å². The van der Waals surface area contributed by atoms with Crippen molar-refractivity contribution >= 4 is 14.7 Å². The molecule has 13 heavy (non-hydrogen) atoms. The summed E-state index contributed by atoms with van der Waals surface area (Å²) in [5.41, 5.74) is 0. The number of rotatable bonds is 6. The van der Waals surface area contributed by atoms with E-state index in [2.05, 4.69) is 0 Å². The Morgan fingerprint density at radius 1 is 0.846 bits per heavy atom. The van der Waals surface area contributed by atoms with Gasteiger partial charge in [-0.3, -0.25) is 9.13 Å². The zero-order chi connectivity index (χ0) is 10.5. The molecule has 0 saturated carbocycles. The third-order valence-corrected chi connectivity index (χ3v) is 2.70. The Labute approximate surface area is 79.9 Å². The minimum Gasteiger partial charge on any atom is -0.329 e. The van der Waals surface area contributed by atoms with Gasteiger partial charge in [0.05, 0.1) is 13.2 Å². The Bertz CT molecular complexity index is 203. The molecule has 0 heterocycles. The quantitative estimate of drug-likeness (QED) is 0.517. The summed E-state index contributed by atoms with van der Waals surface area (Å²) in [5.74, 6) is 0. The van der Waals surface area contributed by atoms with Crippen LogP contribution in [0.1, 0.15) is 6.42 Å². The van der Waals surface area contributed by atoms with E-state index in [1.807, 2.05) is 0 Å². The van der Waals surface area contributed by atoms with Crippen LogP contribution in [0.25, 0.3) is 0 Å². The molecule has 6 heteroatoms. The summed E-state index contributed by atoms with van der Waals surface area (Å²) in [7, 11) is -4.74. The predicted molar refractivity (Wildman–Crippen MR) is 55.4 cm³/mol. The lowest BCUT2D eigenvalue weighted by atomic mass is 10.5. The van der Waals surface area contributed by atoms with E-state index in [4.69, 9.17) is 9.05 Å². The molecule has 0 N–H and O–H groups in total. The highest BCUT2D eigenvalue weighted by Crippen LogP contribution is 2.38. The van der Waals surface area contributed by atoms with Gasteiger partial charge in [0.1, 0.15) is 0 Å². The molecule has 0 fully saturated rings. The van der Waals surface area contributed by atoms with Gasteiger partial charge in [-0.1, -0.05) is 0 Å². The van der Waals surface area contributed by atoms with E-state index in [1.165, 1.54) is 0 Å². The third kappa shape index (κ3) is 12.4. The van der Waals surface area contributed by atoms with Crippen LogP contribution in [0, 0.1) is 0 Å². The first kappa shape index (κ1) is 13.4. The van der Waals surface area contributed by atoms with Gasteiger partial charge in [0.25, 0.3) is 0 Å². The fourth-order valence-corrected chi connectivity index (χ4v) is 1.77. The molecule has 0 spiro atoms. The summed E-state index contributed by atoms with van der Waals surface area (Å²) in [6.07, 6.45) is 0.622. The van der Waals surface area contributed by atoms with Crippen molar-refractivity contribution in [1.29, 1.82) is 0 Å². The summed E-state index contributed by atoms with van der Waals surface area (Å²) in [5, 5.41) is 0. The van der Waals surface area contributed by atoms with E-state index in [9.17, 15) is 9.13 Å². The predicted octanol–water partition coefficient (Wildman–Crippen LogP) is 2.49. The molecular weight excluding hydrogens is 210 g/mol.